The fourth-order valence-corrected chi connectivity index (χ4v) is 1.94. The Bertz CT molecular complexity index is 507. The number of nitrogens with two attached hydrogens (primary N) is 1. The van der Waals surface area contributed by atoms with Crippen molar-refractivity contribution in [1.29, 1.82) is 0 Å². The Labute approximate surface area is 105 Å². The van der Waals surface area contributed by atoms with E-state index in [-0.39, 0.29) is 0 Å². The van der Waals surface area contributed by atoms with Gasteiger partial charge in [0, 0.05) is 18.5 Å². The lowest BCUT2D eigenvalue weighted by atomic mass is 10.1. The molecule has 1 heterocycles. The van der Waals surface area contributed by atoms with Crippen molar-refractivity contribution in [2.24, 2.45) is 12.8 Å². The van der Waals surface area contributed by atoms with Gasteiger partial charge < -0.3 is 5.73 Å². The van der Waals surface area contributed by atoms with Gasteiger partial charge in [-0.2, -0.15) is 5.10 Å². The van der Waals surface area contributed by atoms with E-state index in [2.05, 4.69) is 16.1 Å². The van der Waals surface area contributed by atoms with E-state index in [0.29, 0.717) is 12.4 Å². The monoisotopic (exact) mass is 250 g/mol. The van der Waals surface area contributed by atoms with E-state index >= 15 is 0 Å². The number of halogens is 1. The van der Waals surface area contributed by atoms with Crippen molar-refractivity contribution in [3.63, 3.8) is 0 Å². The molecule has 17 heavy (non-hydrogen) atoms. The molecule has 2 N–H and O–H groups in total. The van der Waals surface area contributed by atoms with Crippen LogP contribution >= 0.6 is 11.6 Å². The van der Waals surface area contributed by atoms with E-state index < -0.39 is 0 Å². The Balaban J connectivity index is 2.04. The van der Waals surface area contributed by atoms with Gasteiger partial charge in [0.25, 0.3) is 0 Å². The second-order valence-corrected chi connectivity index (χ2v) is 4.34. The molecule has 4 nitrogen and oxygen atoms in total. The van der Waals surface area contributed by atoms with Crippen LogP contribution in [-0.4, -0.2) is 14.8 Å². The SMILES string of the molecule is Cn1nc(CN)nc1CCc1cccc(Cl)c1. The third kappa shape index (κ3) is 3.05. The molecule has 0 spiro atoms. The zero-order chi connectivity index (χ0) is 12.3. The minimum atomic E-state index is 0.380. The molecule has 0 unspecified atom stereocenters. The van der Waals surface area contributed by atoms with Crippen LogP contribution in [0, 0.1) is 0 Å². The molecule has 1 aromatic heterocycles. The topological polar surface area (TPSA) is 56.7 Å². The van der Waals surface area contributed by atoms with E-state index in [4.69, 9.17) is 17.3 Å². The van der Waals surface area contributed by atoms with Crippen LogP contribution in [0.4, 0.5) is 0 Å². The molecule has 0 amide bonds. The third-order valence-corrected chi connectivity index (χ3v) is 2.84. The van der Waals surface area contributed by atoms with Gasteiger partial charge in [-0.1, -0.05) is 23.7 Å². The average molecular weight is 251 g/mol. The number of benzene rings is 1. The number of rotatable bonds is 4. The molecule has 0 fully saturated rings. The molecule has 0 atom stereocenters. The maximum atomic E-state index is 5.93. The van der Waals surface area contributed by atoms with Crippen molar-refractivity contribution in [2.45, 2.75) is 19.4 Å². The highest BCUT2D eigenvalue weighted by Gasteiger charge is 2.06. The predicted molar refractivity (Wildman–Crippen MR) is 67.8 cm³/mol. The summed E-state index contributed by atoms with van der Waals surface area (Å²) in [6.07, 6.45) is 1.74. The second kappa shape index (κ2) is 5.29. The summed E-state index contributed by atoms with van der Waals surface area (Å²) in [4.78, 5) is 4.36. The lowest BCUT2D eigenvalue weighted by Gasteiger charge is -2.01. The summed E-state index contributed by atoms with van der Waals surface area (Å²) in [5.41, 5.74) is 6.71. The van der Waals surface area contributed by atoms with Gasteiger partial charge in [-0.3, -0.25) is 4.68 Å². The maximum absolute atomic E-state index is 5.93. The Kier molecular flexibility index (Phi) is 3.76. The molecule has 5 heteroatoms. The van der Waals surface area contributed by atoms with Crippen LogP contribution in [0.1, 0.15) is 17.2 Å². The van der Waals surface area contributed by atoms with Crippen molar-refractivity contribution in [1.82, 2.24) is 14.8 Å². The summed E-state index contributed by atoms with van der Waals surface area (Å²) in [6.45, 7) is 0.380. The molecule has 0 saturated carbocycles. The fourth-order valence-electron chi connectivity index (χ4n) is 1.73. The number of nitrogens with zero attached hydrogens (tertiary/aromatic N) is 3. The van der Waals surface area contributed by atoms with Crippen molar-refractivity contribution >= 4 is 11.6 Å². The molecule has 0 radical (unpaired) electrons. The second-order valence-electron chi connectivity index (χ2n) is 3.90. The lowest BCUT2D eigenvalue weighted by molar-refractivity contribution is 0.686. The maximum Gasteiger partial charge on any atom is 0.164 e. The minimum absolute atomic E-state index is 0.380. The van der Waals surface area contributed by atoms with E-state index in [9.17, 15) is 0 Å². The molecule has 90 valence electrons. The highest BCUT2D eigenvalue weighted by molar-refractivity contribution is 6.30. The van der Waals surface area contributed by atoms with Crippen molar-refractivity contribution < 1.29 is 0 Å². The van der Waals surface area contributed by atoms with Gasteiger partial charge in [0.05, 0.1) is 6.54 Å². The molecular weight excluding hydrogens is 236 g/mol. The zero-order valence-electron chi connectivity index (χ0n) is 9.73. The van der Waals surface area contributed by atoms with E-state index in [0.717, 1.165) is 23.7 Å². The van der Waals surface area contributed by atoms with Gasteiger partial charge in [-0.05, 0) is 24.1 Å². The van der Waals surface area contributed by atoms with Crippen LogP contribution in [0.15, 0.2) is 24.3 Å². The Hall–Kier alpha value is -1.39. The first-order chi connectivity index (χ1) is 8.19. The van der Waals surface area contributed by atoms with Gasteiger partial charge in [0.2, 0.25) is 0 Å². The molecule has 0 saturated heterocycles. The molecule has 0 bridgehead atoms. The van der Waals surface area contributed by atoms with Crippen LogP contribution < -0.4 is 5.73 Å². The molecule has 2 rings (SSSR count). The van der Waals surface area contributed by atoms with Crippen molar-refractivity contribution in [3.05, 3.63) is 46.5 Å². The molecule has 0 aliphatic heterocycles. The summed E-state index contributed by atoms with van der Waals surface area (Å²) < 4.78 is 1.78. The Morgan fingerprint density at radius 3 is 2.82 bits per heavy atom. The standard InChI is InChI=1S/C12H15ClN4/c1-17-12(15-11(8-14)16-17)6-5-9-3-2-4-10(13)7-9/h2-4,7H,5-6,8,14H2,1H3. The zero-order valence-corrected chi connectivity index (χ0v) is 10.5. The van der Waals surface area contributed by atoms with Gasteiger partial charge in [0.1, 0.15) is 5.82 Å². The van der Waals surface area contributed by atoms with Crippen LogP contribution in [-0.2, 0) is 26.4 Å². The Morgan fingerprint density at radius 1 is 1.35 bits per heavy atom. The molecular formula is C12H15ClN4. The number of aromatic nitrogens is 3. The molecule has 0 aliphatic carbocycles. The average Bonchev–Trinajstić information content (AvgIpc) is 2.68. The van der Waals surface area contributed by atoms with E-state index in [1.807, 2.05) is 25.2 Å². The van der Waals surface area contributed by atoms with Gasteiger partial charge in [0.15, 0.2) is 5.82 Å². The molecule has 0 aliphatic rings. The van der Waals surface area contributed by atoms with Crippen LogP contribution in [0.2, 0.25) is 5.02 Å². The molecule has 1 aromatic carbocycles. The Morgan fingerprint density at radius 2 is 2.18 bits per heavy atom. The van der Waals surface area contributed by atoms with Crippen LogP contribution in [0.25, 0.3) is 0 Å². The van der Waals surface area contributed by atoms with E-state index in [1.54, 1.807) is 4.68 Å². The first-order valence-corrected chi connectivity index (χ1v) is 5.90. The quantitative estimate of drug-likeness (QED) is 0.899. The van der Waals surface area contributed by atoms with Gasteiger partial charge in [-0.25, -0.2) is 4.98 Å². The summed E-state index contributed by atoms with van der Waals surface area (Å²) in [5, 5.41) is 4.98. The summed E-state index contributed by atoms with van der Waals surface area (Å²) in [6, 6.07) is 7.87. The first kappa shape index (κ1) is 12.1. The van der Waals surface area contributed by atoms with Crippen molar-refractivity contribution in [2.75, 3.05) is 0 Å². The van der Waals surface area contributed by atoms with E-state index in [1.165, 1.54) is 5.56 Å². The van der Waals surface area contributed by atoms with Crippen molar-refractivity contribution in [3.8, 4) is 0 Å². The number of hydrogen-bond donors (Lipinski definition) is 1. The minimum Gasteiger partial charge on any atom is -0.324 e. The van der Waals surface area contributed by atoms with Crippen LogP contribution in [0.5, 0.6) is 0 Å². The summed E-state index contributed by atoms with van der Waals surface area (Å²) >= 11 is 5.93. The highest BCUT2D eigenvalue weighted by Crippen LogP contribution is 2.12. The number of hydrogen-bond acceptors (Lipinski definition) is 3. The highest BCUT2D eigenvalue weighted by atomic mass is 35.5. The molecule has 2 aromatic rings. The largest absolute Gasteiger partial charge is 0.324 e. The first-order valence-electron chi connectivity index (χ1n) is 5.52. The van der Waals surface area contributed by atoms with Crippen LogP contribution in [0.3, 0.4) is 0 Å². The normalized spacial score (nSPS) is 10.8. The predicted octanol–water partition coefficient (Wildman–Crippen LogP) is 1.71. The van der Waals surface area contributed by atoms with Gasteiger partial charge >= 0.3 is 0 Å². The fraction of sp³-hybridized carbons (Fsp3) is 0.333. The summed E-state index contributed by atoms with van der Waals surface area (Å²) in [5.74, 6) is 1.64. The number of aryl methyl sites for hydroxylation is 3. The smallest absolute Gasteiger partial charge is 0.164 e. The summed E-state index contributed by atoms with van der Waals surface area (Å²) in [7, 11) is 1.89. The van der Waals surface area contributed by atoms with Gasteiger partial charge in [-0.15, -0.1) is 0 Å². The lowest BCUT2D eigenvalue weighted by Crippen LogP contribution is -2.01. The third-order valence-electron chi connectivity index (χ3n) is 2.61.